The van der Waals surface area contributed by atoms with Crippen molar-refractivity contribution in [1.29, 1.82) is 0 Å². The molecule has 1 amide bonds. The molecule has 0 unspecified atom stereocenters. The maximum Gasteiger partial charge on any atom is 0.339 e. The molecule has 0 saturated carbocycles. The van der Waals surface area contributed by atoms with E-state index in [9.17, 15) is 23.5 Å². The summed E-state index contributed by atoms with van der Waals surface area (Å²) in [5, 5.41) is 13.7. The second-order valence-corrected chi connectivity index (χ2v) is 7.57. The topological polar surface area (TPSA) is 66.4 Å². The smallest absolute Gasteiger partial charge is 0.339 e. The number of carbonyl (C=O) groups excluding carboxylic acids is 1. The average Bonchev–Trinajstić information content (AvgIpc) is 3.32. The van der Waals surface area contributed by atoms with E-state index >= 15 is 0 Å². The van der Waals surface area contributed by atoms with Crippen LogP contribution in [-0.4, -0.2) is 17.0 Å². The molecule has 1 aliphatic rings. The van der Waals surface area contributed by atoms with Gasteiger partial charge in [-0.15, -0.1) is 11.3 Å². The standard InChI is InChI=1S/C22H15F2NO3S/c1-11-5-8-15(19(24)18(11)23)20-17(22(27)28)16(10-29-20)25-21(26)14-7-6-12-3-2-4-13(12)9-14/h2,4-10H,3H2,1H3,(H,25,26)(H,27,28). The third-order valence-corrected chi connectivity index (χ3v) is 5.83. The van der Waals surface area contributed by atoms with Crippen LogP contribution in [0.1, 0.15) is 37.4 Å². The van der Waals surface area contributed by atoms with E-state index in [-0.39, 0.29) is 27.3 Å². The molecule has 29 heavy (non-hydrogen) atoms. The zero-order valence-corrected chi connectivity index (χ0v) is 16.1. The fraction of sp³-hybridized carbons (Fsp3) is 0.0909. The number of anilines is 1. The van der Waals surface area contributed by atoms with E-state index in [4.69, 9.17) is 0 Å². The summed E-state index contributed by atoms with van der Waals surface area (Å²) in [7, 11) is 0. The lowest BCUT2D eigenvalue weighted by Gasteiger charge is -2.09. The number of aromatic carboxylic acids is 1. The number of hydrogen-bond acceptors (Lipinski definition) is 3. The lowest BCUT2D eigenvalue weighted by Crippen LogP contribution is -2.14. The Morgan fingerprint density at radius 3 is 2.69 bits per heavy atom. The number of amides is 1. The van der Waals surface area contributed by atoms with E-state index in [2.05, 4.69) is 5.32 Å². The highest BCUT2D eigenvalue weighted by Gasteiger charge is 2.25. The molecular weight excluding hydrogens is 396 g/mol. The molecule has 1 aliphatic carbocycles. The molecule has 2 aromatic carbocycles. The van der Waals surface area contributed by atoms with Crippen molar-refractivity contribution in [2.75, 3.05) is 5.32 Å². The van der Waals surface area contributed by atoms with Gasteiger partial charge in [0.05, 0.1) is 10.6 Å². The van der Waals surface area contributed by atoms with Crippen molar-refractivity contribution in [3.8, 4) is 10.4 Å². The summed E-state index contributed by atoms with van der Waals surface area (Å²) in [6.45, 7) is 1.42. The molecule has 0 fully saturated rings. The number of carboxylic acids is 1. The maximum atomic E-state index is 14.4. The van der Waals surface area contributed by atoms with Crippen molar-refractivity contribution in [3.05, 3.63) is 81.2 Å². The molecule has 0 spiro atoms. The molecule has 2 N–H and O–H groups in total. The van der Waals surface area contributed by atoms with Gasteiger partial charge in [-0.05, 0) is 42.2 Å². The first-order chi connectivity index (χ1) is 13.9. The van der Waals surface area contributed by atoms with Gasteiger partial charge in [0.25, 0.3) is 5.91 Å². The summed E-state index contributed by atoms with van der Waals surface area (Å²) in [6, 6.07) is 7.98. The largest absolute Gasteiger partial charge is 0.478 e. The first kappa shape index (κ1) is 19.0. The van der Waals surface area contributed by atoms with Gasteiger partial charge in [-0.3, -0.25) is 4.79 Å². The van der Waals surface area contributed by atoms with Crippen LogP contribution in [0.5, 0.6) is 0 Å². The fourth-order valence-corrected chi connectivity index (χ4v) is 4.28. The minimum atomic E-state index is -1.34. The molecule has 1 aromatic heterocycles. The summed E-state index contributed by atoms with van der Waals surface area (Å²) in [6.07, 6.45) is 4.73. The van der Waals surface area contributed by atoms with E-state index < -0.39 is 23.5 Å². The van der Waals surface area contributed by atoms with Gasteiger partial charge >= 0.3 is 5.97 Å². The van der Waals surface area contributed by atoms with Gasteiger partial charge in [0, 0.05) is 16.5 Å². The van der Waals surface area contributed by atoms with Crippen LogP contribution in [0.25, 0.3) is 16.5 Å². The number of aryl methyl sites for hydroxylation is 1. The van der Waals surface area contributed by atoms with Gasteiger partial charge in [-0.1, -0.05) is 30.4 Å². The van der Waals surface area contributed by atoms with Gasteiger partial charge in [0.15, 0.2) is 11.6 Å². The summed E-state index contributed by atoms with van der Waals surface area (Å²) in [4.78, 5) is 24.5. The summed E-state index contributed by atoms with van der Waals surface area (Å²) < 4.78 is 28.4. The van der Waals surface area contributed by atoms with E-state index in [1.165, 1.54) is 24.4 Å². The number of carboxylic acid groups (broad SMARTS) is 1. The van der Waals surface area contributed by atoms with Crippen LogP contribution >= 0.6 is 11.3 Å². The highest BCUT2D eigenvalue weighted by Crippen LogP contribution is 2.38. The molecule has 3 aromatic rings. The number of thiophene rings is 1. The number of rotatable bonds is 4. The van der Waals surface area contributed by atoms with Crippen LogP contribution in [0.4, 0.5) is 14.5 Å². The van der Waals surface area contributed by atoms with Crippen molar-refractivity contribution in [1.82, 2.24) is 0 Å². The molecule has 0 atom stereocenters. The Bertz CT molecular complexity index is 1200. The van der Waals surface area contributed by atoms with Gasteiger partial charge < -0.3 is 10.4 Å². The summed E-state index contributed by atoms with van der Waals surface area (Å²) >= 11 is 0.930. The molecule has 0 saturated heterocycles. The van der Waals surface area contributed by atoms with Crippen LogP contribution in [0, 0.1) is 18.6 Å². The fourth-order valence-electron chi connectivity index (χ4n) is 3.27. The molecular formula is C22H15F2NO3S. The summed E-state index contributed by atoms with van der Waals surface area (Å²) in [5.74, 6) is -3.95. The molecule has 0 bridgehead atoms. The van der Waals surface area contributed by atoms with Crippen molar-refractivity contribution in [2.24, 2.45) is 0 Å². The lowest BCUT2D eigenvalue weighted by molar-refractivity contribution is 0.0699. The number of fused-ring (bicyclic) bond motifs is 1. The monoisotopic (exact) mass is 411 g/mol. The number of nitrogens with one attached hydrogen (secondary N) is 1. The predicted octanol–water partition coefficient (Wildman–Crippen LogP) is 5.52. The number of allylic oxidation sites excluding steroid dienone is 1. The quantitative estimate of drug-likeness (QED) is 0.594. The second kappa shape index (κ2) is 7.25. The van der Waals surface area contributed by atoms with Gasteiger partial charge in [-0.2, -0.15) is 0 Å². The number of carbonyl (C=O) groups is 2. The Morgan fingerprint density at radius 2 is 1.93 bits per heavy atom. The lowest BCUT2D eigenvalue weighted by atomic mass is 10.0. The molecule has 4 rings (SSSR count). The average molecular weight is 411 g/mol. The van der Waals surface area contributed by atoms with Crippen LogP contribution in [0.2, 0.25) is 0 Å². The highest BCUT2D eigenvalue weighted by atomic mass is 32.1. The zero-order chi connectivity index (χ0) is 20.7. The first-order valence-corrected chi connectivity index (χ1v) is 9.65. The van der Waals surface area contributed by atoms with Crippen molar-refractivity contribution in [3.63, 3.8) is 0 Å². The van der Waals surface area contributed by atoms with E-state index in [0.717, 1.165) is 28.9 Å². The molecule has 0 radical (unpaired) electrons. The Labute approximate surface area is 169 Å². The normalized spacial score (nSPS) is 12.1. The Balaban J connectivity index is 1.71. The number of hydrogen-bond donors (Lipinski definition) is 2. The minimum absolute atomic E-state index is 0.0407. The highest BCUT2D eigenvalue weighted by molar-refractivity contribution is 7.14. The Morgan fingerprint density at radius 1 is 1.14 bits per heavy atom. The van der Waals surface area contributed by atoms with Crippen LogP contribution < -0.4 is 5.32 Å². The van der Waals surface area contributed by atoms with Crippen LogP contribution in [0.15, 0.2) is 41.8 Å². The molecule has 4 nitrogen and oxygen atoms in total. The van der Waals surface area contributed by atoms with E-state index in [1.54, 1.807) is 12.1 Å². The first-order valence-electron chi connectivity index (χ1n) is 8.77. The molecule has 7 heteroatoms. The second-order valence-electron chi connectivity index (χ2n) is 6.69. The Hall–Kier alpha value is -3.32. The van der Waals surface area contributed by atoms with Crippen molar-refractivity contribution in [2.45, 2.75) is 13.3 Å². The molecule has 146 valence electrons. The maximum absolute atomic E-state index is 14.4. The molecule has 0 aliphatic heterocycles. The van der Waals surface area contributed by atoms with Crippen LogP contribution in [0.3, 0.4) is 0 Å². The predicted molar refractivity (Wildman–Crippen MR) is 109 cm³/mol. The van der Waals surface area contributed by atoms with Gasteiger partial charge in [-0.25, -0.2) is 13.6 Å². The van der Waals surface area contributed by atoms with Crippen molar-refractivity contribution < 1.29 is 23.5 Å². The number of halogens is 2. The van der Waals surface area contributed by atoms with E-state index in [1.807, 2.05) is 18.2 Å². The van der Waals surface area contributed by atoms with Crippen molar-refractivity contribution >= 4 is 35.0 Å². The number of benzene rings is 2. The third kappa shape index (κ3) is 3.34. The third-order valence-electron chi connectivity index (χ3n) is 4.82. The van der Waals surface area contributed by atoms with E-state index in [0.29, 0.717) is 5.56 Å². The summed E-state index contributed by atoms with van der Waals surface area (Å²) in [5.41, 5.74) is 2.18. The SMILES string of the molecule is Cc1ccc(-c2scc(NC(=O)c3ccc4c(c3)C=CC4)c2C(=O)O)c(F)c1F. The minimum Gasteiger partial charge on any atom is -0.478 e. The Kier molecular flexibility index (Phi) is 4.76. The van der Waals surface area contributed by atoms with Gasteiger partial charge in [0.1, 0.15) is 5.56 Å². The van der Waals surface area contributed by atoms with Gasteiger partial charge in [0.2, 0.25) is 0 Å². The molecule has 1 heterocycles. The zero-order valence-electron chi connectivity index (χ0n) is 15.3. The van der Waals surface area contributed by atoms with Crippen LogP contribution in [-0.2, 0) is 6.42 Å².